The molecule has 2 rings (SSSR count). The Morgan fingerprint density at radius 2 is 1.89 bits per heavy atom. The Hall–Kier alpha value is -0.190. The first-order chi connectivity index (χ1) is 8.61. The van der Waals surface area contributed by atoms with E-state index in [0.717, 1.165) is 19.8 Å². The summed E-state index contributed by atoms with van der Waals surface area (Å²) in [7, 11) is 0. The molecular formula is C13H10BrCl2NS. The molecule has 94 valence electrons. The van der Waals surface area contributed by atoms with E-state index in [1.165, 1.54) is 0 Å². The van der Waals surface area contributed by atoms with Crippen LogP contribution in [0.25, 0.3) is 0 Å². The number of rotatable bonds is 3. The van der Waals surface area contributed by atoms with Crippen LogP contribution in [0.4, 0.5) is 0 Å². The largest absolute Gasteiger partial charge is 0.326 e. The second-order valence-electron chi connectivity index (χ2n) is 3.60. The van der Waals surface area contributed by atoms with E-state index in [4.69, 9.17) is 28.9 Å². The molecule has 2 N–H and O–H groups in total. The molecule has 0 saturated heterocycles. The molecule has 0 amide bonds. The summed E-state index contributed by atoms with van der Waals surface area (Å²) in [4.78, 5) is 2.16. The standard InChI is InChI=1S/C13H10BrCl2NS/c14-10-2-1-3-13(9(10)7-17)18-8-4-5-11(15)12(16)6-8/h1-6H,7,17H2. The number of benzene rings is 2. The SMILES string of the molecule is NCc1c(Br)cccc1Sc1ccc(Cl)c(Cl)c1. The molecular weight excluding hydrogens is 353 g/mol. The molecule has 0 fully saturated rings. The van der Waals surface area contributed by atoms with Gasteiger partial charge in [-0.1, -0.05) is 57.0 Å². The van der Waals surface area contributed by atoms with Gasteiger partial charge in [-0.3, -0.25) is 0 Å². The lowest BCUT2D eigenvalue weighted by Gasteiger charge is -2.09. The van der Waals surface area contributed by atoms with Gasteiger partial charge < -0.3 is 5.73 Å². The van der Waals surface area contributed by atoms with Gasteiger partial charge in [0.15, 0.2) is 0 Å². The molecule has 0 aliphatic rings. The van der Waals surface area contributed by atoms with Gasteiger partial charge in [-0.15, -0.1) is 0 Å². The maximum Gasteiger partial charge on any atom is 0.0603 e. The van der Waals surface area contributed by atoms with Crippen molar-refractivity contribution < 1.29 is 0 Å². The zero-order valence-electron chi connectivity index (χ0n) is 9.29. The van der Waals surface area contributed by atoms with Crippen LogP contribution in [0.15, 0.2) is 50.7 Å². The molecule has 0 aliphatic heterocycles. The second-order valence-corrected chi connectivity index (χ2v) is 6.38. The minimum absolute atomic E-state index is 0.491. The van der Waals surface area contributed by atoms with Crippen LogP contribution >= 0.6 is 50.9 Å². The third kappa shape index (κ3) is 3.22. The van der Waals surface area contributed by atoms with Crippen LogP contribution in [0.2, 0.25) is 10.0 Å². The highest BCUT2D eigenvalue weighted by Crippen LogP contribution is 2.36. The van der Waals surface area contributed by atoms with Crippen molar-refractivity contribution in [3.63, 3.8) is 0 Å². The molecule has 0 saturated carbocycles. The van der Waals surface area contributed by atoms with Crippen LogP contribution in [0.5, 0.6) is 0 Å². The van der Waals surface area contributed by atoms with Gasteiger partial charge in [0.25, 0.3) is 0 Å². The molecule has 18 heavy (non-hydrogen) atoms. The molecule has 0 unspecified atom stereocenters. The van der Waals surface area contributed by atoms with Crippen LogP contribution in [0, 0.1) is 0 Å². The maximum atomic E-state index is 6.01. The highest BCUT2D eigenvalue weighted by atomic mass is 79.9. The van der Waals surface area contributed by atoms with Crippen LogP contribution < -0.4 is 5.73 Å². The van der Waals surface area contributed by atoms with Crippen molar-refractivity contribution in [1.82, 2.24) is 0 Å². The van der Waals surface area contributed by atoms with E-state index in [2.05, 4.69) is 15.9 Å². The molecule has 0 aromatic heterocycles. The molecule has 0 heterocycles. The Morgan fingerprint density at radius 1 is 1.11 bits per heavy atom. The Morgan fingerprint density at radius 3 is 2.56 bits per heavy atom. The smallest absolute Gasteiger partial charge is 0.0603 e. The fourth-order valence-electron chi connectivity index (χ4n) is 1.50. The summed E-state index contributed by atoms with van der Waals surface area (Å²) in [6, 6.07) is 11.6. The monoisotopic (exact) mass is 361 g/mol. The van der Waals surface area contributed by atoms with Crippen molar-refractivity contribution in [2.45, 2.75) is 16.3 Å². The fourth-order valence-corrected chi connectivity index (χ4v) is 3.55. The predicted molar refractivity (Wildman–Crippen MR) is 82.6 cm³/mol. The highest BCUT2D eigenvalue weighted by Gasteiger charge is 2.07. The highest BCUT2D eigenvalue weighted by molar-refractivity contribution is 9.10. The van der Waals surface area contributed by atoms with Crippen LogP contribution in [0.3, 0.4) is 0 Å². The normalized spacial score (nSPS) is 10.7. The Labute approximate surface area is 129 Å². The van der Waals surface area contributed by atoms with Crippen LogP contribution in [-0.4, -0.2) is 0 Å². The van der Waals surface area contributed by atoms with Gasteiger partial charge in [0.05, 0.1) is 10.0 Å². The molecule has 0 aliphatic carbocycles. The Bertz CT molecular complexity index is 575. The lowest BCUT2D eigenvalue weighted by atomic mass is 10.2. The van der Waals surface area contributed by atoms with Crippen LogP contribution in [0.1, 0.15) is 5.56 Å². The second kappa shape index (κ2) is 6.31. The van der Waals surface area contributed by atoms with Crippen molar-refractivity contribution in [3.05, 3.63) is 56.5 Å². The lowest BCUT2D eigenvalue weighted by molar-refractivity contribution is 1.02. The number of halogens is 3. The van der Waals surface area contributed by atoms with E-state index in [-0.39, 0.29) is 0 Å². The van der Waals surface area contributed by atoms with Crippen LogP contribution in [-0.2, 0) is 6.54 Å². The molecule has 5 heteroatoms. The van der Waals surface area contributed by atoms with E-state index in [1.807, 2.05) is 30.3 Å². The van der Waals surface area contributed by atoms with Gasteiger partial charge >= 0.3 is 0 Å². The zero-order chi connectivity index (χ0) is 13.1. The van der Waals surface area contributed by atoms with Crippen molar-refractivity contribution in [3.8, 4) is 0 Å². The van der Waals surface area contributed by atoms with E-state index >= 15 is 0 Å². The zero-order valence-corrected chi connectivity index (χ0v) is 13.2. The molecule has 2 aromatic rings. The quantitative estimate of drug-likeness (QED) is 0.794. The minimum atomic E-state index is 0.491. The lowest BCUT2D eigenvalue weighted by Crippen LogP contribution is -1.99. The van der Waals surface area contributed by atoms with Gasteiger partial charge in [-0.2, -0.15) is 0 Å². The van der Waals surface area contributed by atoms with Gasteiger partial charge in [-0.25, -0.2) is 0 Å². The summed E-state index contributed by atoms with van der Waals surface area (Å²) >= 11 is 17.0. The first-order valence-electron chi connectivity index (χ1n) is 5.22. The molecule has 1 nitrogen and oxygen atoms in total. The van der Waals surface area contributed by atoms with Gasteiger partial charge in [0.1, 0.15) is 0 Å². The first kappa shape index (κ1) is 14.2. The Kier molecular flexibility index (Phi) is 4.98. The van der Waals surface area contributed by atoms with Crippen molar-refractivity contribution in [2.24, 2.45) is 5.73 Å². The van der Waals surface area contributed by atoms with E-state index in [9.17, 15) is 0 Å². The number of hydrogen-bond donors (Lipinski definition) is 1. The average molecular weight is 363 g/mol. The van der Waals surface area contributed by atoms with E-state index in [1.54, 1.807) is 17.8 Å². The predicted octanol–water partition coefficient (Wildman–Crippen LogP) is 5.37. The summed E-state index contributed by atoms with van der Waals surface area (Å²) in [6.45, 7) is 0.491. The Balaban J connectivity index is 2.34. The van der Waals surface area contributed by atoms with Gasteiger partial charge in [0.2, 0.25) is 0 Å². The molecule has 0 atom stereocenters. The molecule has 0 spiro atoms. The topological polar surface area (TPSA) is 26.0 Å². The summed E-state index contributed by atoms with van der Waals surface area (Å²) in [5, 5.41) is 1.13. The molecule has 0 bridgehead atoms. The summed E-state index contributed by atoms with van der Waals surface area (Å²) in [5.41, 5.74) is 6.86. The van der Waals surface area contributed by atoms with Gasteiger partial charge in [0, 0.05) is 20.8 Å². The maximum absolute atomic E-state index is 6.01. The summed E-state index contributed by atoms with van der Waals surface area (Å²) < 4.78 is 1.02. The van der Waals surface area contributed by atoms with E-state index in [0.29, 0.717) is 16.6 Å². The minimum Gasteiger partial charge on any atom is -0.326 e. The third-order valence-corrected chi connectivity index (χ3v) is 4.97. The number of hydrogen-bond acceptors (Lipinski definition) is 2. The van der Waals surface area contributed by atoms with Crippen molar-refractivity contribution in [1.29, 1.82) is 0 Å². The average Bonchev–Trinajstić information content (AvgIpc) is 2.34. The summed E-state index contributed by atoms with van der Waals surface area (Å²) in [6.07, 6.45) is 0. The fraction of sp³-hybridized carbons (Fsp3) is 0.0769. The molecule has 2 aromatic carbocycles. The number of nitrogens with two attached hydrogens (primary N) is 1. The van der Waals surface area contributed by atoms with Crippen molar-refractivity contribution >= 4 is 50.9 Å². The molecule has 0 radical (unpaired) electrons. The van der Waals surface area contributed by atoms with E-state index < -0.39 is 0 Å². The third-order valence-electron chi connectivity index (χ3n) is 2.40. The van der Waals surface area contributed by atoms with Gasteiger partial charge in [-0.05, 0) is 35.9 Å². The first-order valence-corrected chi connectivity index (χ1v) is 7.58. The summed E-state index contributed by atoms with van der Waals surface area (Å²) in [5.74, 6) is 0. The van der Waals surface area contributed by atoms with Crippen molar-refractivity contribution in [2.75, 3.05) is 0 Å².